The molecule has 1 atom stereocenters. The van der Waals surface area contributed by atoms with E-state index in [0.29, 0.717) is 18.8 Å². The van der Waals surface area contributed by atoms with Gasteiger partial charge in [-0.1, -0.05) is 37.3 Å². The van der Waals surface area contributed by atoms with Crippen molar-refractivity contribution < 1.29 is 14.4 Å². The lowest BCUT2D eigenvalue weighted by Crippen LogP contribution is -2.51. The van der Waals surface area contributed by atoms with Gasteiger partial charge < -0.3 is 5.32 Å². The van der Waals surface area contributed by atoms with E-state index in [4.69, 9.17) is 0 Å². The molecule has 0 spiro atoms. The molecule has 3 rings (SSSR count). The lowest BCUT2D eigenvalue weighted by atomic mass is 9.93. The molecule has 2 saturated heterocycles. The number of rotatable bonds is 6. The molecule has 27 heavy (non-hydrogen) atoms. The van der Waals surface area contributed by atoms with Crippen molar-refractivity contribution in [3.63, 3.8) is 0 Å². The van der Waals surface area contributed by atoms with Gasteiger partial charge in [-0.3, -0.25) is 19.9 Å². The number of carbonyl (C=O) groups excluding carboxylic acids is 3. The molecule has 2 heterocycles. The van der Waals surface area contributed by atoms with Crippen LogP contribution in [0, 0.1) is 5.92 Å². The van der Waals surface area contributed by atoms with Crippen molar-refractivity contribution in [3.05, 3.63) is 35.9 Å². The van der Waals surface area contributed by atoms with Crippen LogP contribution in [0.25, 0.3) is 0 Å². The topological polar surface area (TPSA) is 81.8 Å². The first-order valence-corrected chi connectivity index (χ1v) is 9.60. The molecule has 1 aromatic carbocycles. The minimum absolute atomic E-state index is 0.199. The first-order valence-electron chi connectivity index (χ1n) is 9.60. The maximum atomic E-state index is 12.7. The Morgan fingerprint density at radius 2 is 1.89 bits per heavy atom. The van der Waals surface area contributed by atoms with Crippen LogP contribution in [0.5, 0.6) is 0 Å². The van der Waals surface area contributed by atoms with Gasteiger partial charge in [-0.2, -0.15) is 5.01 Å². The summed E-state index contributed by atoms with van der Waals surface area (Å²) in [4.78, 5) is 39.4. The zero-order valence-corrected chi connectivity index (χ0v) is 16.0. The van der Waals surface area contributed by atoms with Crippen molar-refractivity contribution in [1.82, 2.24) is 20.7 Å². The van der Waals surface area contributed by atoms with E-state index in [2.05, 4.69) is 22.6 Å². The average Bonchev–Trinajstić information content (AvgIpc) is 2.86. The van der Waals surface area contributed by atoms with Gasteiger partial charge >= 0.3 is 6.03 Å². The van der Waals surface area contributed by atoms with Crippen LogP contribution in [-0.2, 0) is 16.0 Å². The van der Waals surface area contributed by atoms with Crippen molar-refractivity contribution in [1.29, 1.82) is 0 Å². The number of carbonyl (C=O) groups is 3. The minimum Gasteiger partial charge on any atom is -0.322 e. The molecule has 146 valence electrons. The summed E-state index contributed by atoms with van der Waals surface area (Å²) >= 11 is 0. The van der Waals surface area contributed by atoms with Crippen LogP contribution >= 0.6 is 0 Å². The number of hydrazine groups is 1. The SMILES string of the molecule is CC1CCN(CC(=O)NN2C(=O)N[C@](C)(CCc3ccccc3)C2=O)CC1. The highest BCUT2D eigenvalue weighted by Gasteiger charge is 2.48. The Morgan fingerprint density at radius 1 is 1.22 bits per heavy atom. The van der Waals surface area contributed by atoms with Gasteiger partial charge in [0.25, 0.3) is 11.8 Å². The second-order valence-electron chi connectivity index (χ2n) is 7.88. The maximum Gasteiger partial charge on any atom is 0.344 e. The fourth-order valence-corrected chi connectivity index (χ4v) is 3.58. The first kappa shape index (κ1) is 19.4. The monoisotopic (exact) mass is 372 g/mol. The van der Waals surface area contributed by atoms with Gasteiger partial charge in [-0.15, -0.1) is 0 Å². The average molecular weight is 372 g/mol. The molecule has 4 amide bonds. The molecule has 0 unspecified atom stereocenters. The van der Waals surface area contributed by atoms with Crippen molar-refractivity contribution in [2.75, 3.05) is 19.6 Å². The Labute approximate surface area is 160 Å². The largest absolute Gasteiger partial charge is 0.344 e. The lowest BCUT2D eigenvalue weighted by Gasteiger charge is -2.30. The van der Waals surface area contributed by atoms with Crippen LogP contribution in [0.15, 0.2) is 30.3 Å². The summed E-state index contributed by atoms with van der Waals surface area (Å²) in [6.45, 7) is 5.84. The van der Waals surface area contributed by atoms with E-state index in [9.17, 15) is 14.4 Å². The molecule has 0 radical (unpaired) electrons. The third kappa shape index (κ3) is 4.66. The van der Waals surface area contributed by atoms with Crippen LogP contribution in [0.3, 0.4) is 0 Å². The van der Waals surface area contributed by atoms with Gasteiger partial charge in [0.1, 0.15) is 5.54 Å². The van der Waals surface area contributed by atoms with Crippen molar-refractivity contribution >= 4 is 17.8 Å². The zero-order valence-electron chi connectivity index (χ0n) is 16.0. The number of piperidine rings is 1. The molecule has 0 aliphatic carbocycles. The number of hydrogen-bond acceptors (Lipinski definition) is 4. The maximum absolute atomic E-state index is 12.7. The summed E-state index contributed by atoms with van der Waals surface area (Å²) in [5, 5.41) is 3.56. The fourth-order valence-electron chi connectivity index (χ4n) is 3.58. The number of urea groups is 1. The Hall–Kier alpha value is -2.41. The molecule has 0 aromatic heterocycles. The van der Waals surface area contributed by atoms with Crippen molar-refractivity contribution in [2.45, 2.75) is 45.1 Å². The summed E-state index contributed by atoms with van der Waals surface area (Å²) < 4.78 is 0. The molecule has 1 aromatic rings. The van der Waals surface area contributed by atoms with E-state index in [1.807, 2.05) is 30.3 Å². The highest BCUT2D eigenvalue weighted by atomic mass is 16.2. The standard InChI is InChI=1S/C20H28N4O3/c1-15-9-12-23(13-10-15)14-17(25)22-24-18(26)20(2,21-19(24)27)11-8-16-6-4-3-5-7-16/h3-7,15H,8-14H2,1-2H3,(H,21,27)(H,22,25)/t20-/m1/s1. The Morgan fingerprint density at radius 3 is 2.56 bits per heavy atom. The van der Waals surface area contributed by atoms with E-state index in [1.54, 1.807) is 6.92 Å². The van der Waals surface area contributed by atoms with Crippen LogP contribution in [0.4, 0.5) is 4.79 Å². The van der Waals surface area contributed by atoms with Crippen LogP contribution in [0.1, 0.15) is 38.7 Å². The third-order valence-electron chi connectivity index (χ3n) is 5.50. The lowest BCUT2D eigenvalue weighted by molar-refractivity contribution is -0.139. The minimum atomic E-state index is -1.01. The Balaban J connectivity index is 1.54. The molecule has 2 aliphatic rings. The summed E-state index contributed by atoms with van der Waals surface area (Å²) in [6.07, 6.45) is 3.26. The first-order chi connectivity index (χ1) is 12.9. The van der Waals surface area contributed by atoms with Gasteiger partial charge in [-0.05, 0) is 57.2 Å². The van der Waals surface area contributed by atoms with Crippen molar-refractivity contribution in [3.8, 4) is 0 Å². The van der Waals surface area contributed by atoms with Gasteiger partial charge in [0, 0.05) is 0 Å². The predicted molar refractivity (Wildman–Crippen MR) is 102 cm³/mol. The van der Waals surface area contributed by atoms with E-state index >= 15 is 0 Å². The smallest absolute Gasteiger partial charge is 0.322 e. The molecule has 0 bridgehead atoms. The summed E-state index contributed by atoms with van der Waals surface area (Å²) in [5.41, 5.74) is 2.57. The van der Waals surface area contributed by atoms with Gasteiger partial charge in [-0.25, -0.2) is 4.79 Å². The number of benzene rings is 1. The number of hydrogen-bond donors (Lipinski definition) is 2. The number of nitrogens with zero attached hydrogens (tertiary/aromatic N) is 2. The predicted octanol–water partition coefficient (Wildman–Crippen LogP) is 1.69. The number of nitrogens with one attached hydrogen (secondary N) is 2. The normalized spacial score (nSPS) is 24.1. The highest BCUT2D eigenvalue weighted by molar-refractivity contribution is 6.07. The summed E-state index contributed by atoms with van der Waals surface area (Å²) in [6, 6.07) is 9.23. The van der Waals surface area contributed by atoms with Gasteiger partial charge in [0.15, 0.2) is 0 Å². The van der Waals surface area contributed by atoms with Crippen LogP contribution < -0.4 is 10.7 Å². The van der Waals surface area contributed by atoms with Crippen LogP contribution in [0.2, 0.25) is 0 Å². The number of aryl methyl sites for hydroxylation is 1. The van der Waals surface area contributed by atoms with E-state index in [1.165, 1.54) is 0 Å². The summed E-state index contributed by atoms with van der Waals surface area (Å²) in [5.74, 6) is -0.0648. The quantitative estimate of drug-likeness (QED) is 0.745. The highest BCUT2D eigenvalue weighted by Crippen LogP contribution is 2.22. The molecule has 2 aliphatic heterocycles. The number of likely N-dealkylation sites (tertiary alicyclic amines) is 1. The zero-order chi connectivity index (χ0) is 19.4. The van der Waals surface area contributed by atoms with Gasteiger partial charge in [0.2, 0.25) is 0 Å². The summed E-state index contributed by atoms with van der Waals surface area (Å²) in [7, 11) is 0. The molecular formula is C20H28N4O3. The molecule has 2 fully saturated rings. The van der Waals surface area contributed by atoms with E-state index in [0.717, 1.165) is 36.5 Å². The Kier molecular flexibility index (Phi) is 5.79. The van der Waals surface area contributed by atoms with E-state index < -0.39 is 17.5 Å². The fraction of sp³-hybridized carbons (Fsp3) is 0.550. The molecular weight excluding hydrogens is 344 g/mol. The molecule has 7 nitrogen and oxygen atoms in total. The van der Waals surface area contributed by atoms with E-state index in [-0.39, 0.29) is 12.5 Å². The Bertz CT molecular complexity index is 700. The molecule has 2 N–H and O–H groups in total. The second kappa shape index (κ2) is 8.08. The third-order valence-corrected chi connectivity index (χ3v) is 5.50. The number of imide groups is 1. The van der Waals surface area contributed by atoms with Crippen LogP contribution in [-0.4, -0.2) is 52.9 Å². The van der Waals surface area contributed by atoms with Crippen molar-refractivity contribution in [2.24, 2.45) is 5.92 Å². The molecule has 7 heteroatoms. The number of amides is 4. The van der Waals surface area contributed by atoms with Gasteiger partial charge in [0.05, 0.1) is 6.54 Å². The molecule has 0 saturated carbocycles. The second-order valence-corrected chi connectivity index (χ2v) is 7.88.